The second-order valence-corrected chi connectivity index (χ2v) is 5.60. The van der Waals surface area contributed by atoms with Crippen LogP contribution in [0.2, 0.25) is 0 Å². The zero-order valence-electron chi connectivity index (χ0n) is 14.1. The molecule has 0 radical (unpaired) electrons. The third-order valence-corrected chi connectivity index (χ3v) is 3.77. The van der Waals surface area contributed by atoms with Crippen LogP contribution in [0.4, 0.5) is 0 Å². The van der Waals surface area contributed by atoms with Crippen LogP contribution in [0.15, 0.2) is 17.4 Å². The van der Waals surface area contributed by atoms with E-state index < -0.39 is 0 Å². The SMILES string of the molecule is CCNC(=NCCNC(C)=O)N1CCC(c2cnn(C)c2)C1.I. The second kappa shape index (κ2) is 9.74. The summed E-state index contributed by atoms with van der Waals surface area (Å²) in [6.07, 6.45) is 5.16. The zero-order valence-corrected chi connectivity index (χ0v) is 16.4. The van der Waals surface area contributed by atoms with Gasteiger partial charge in [0.25, 0.3) is 0 Å². The van der Waals surface area contributed by atoms with E-state index in [1.54, 1.807) is 0 Å². The Bertz CT molecular complexity index is 530. The molecule has 1 amide bonds. The molecule has 0 bridgehead atoms. The first-order valence-electron chi connectivity index (χ1n) is 7.86. The van der Waals surface area contributed by atoms with Crippen molar-refractivity contribution in [3.05, 3.63) is 18.0 Å². The molecule has 130 valence electrons. The van der Waals surface area contributed by atoms with Crippen molar-refractivity contribution >= 4 is 35.8 Å². The summed E-state index contributed by atoms with van der Waals surface area (Å²) in [5.74, 6) is 1.42. The lowest BCUT2D eigenvalue weighted by Gasteiger charge is -2.21. The molecule has 0 aliphatic carbocycles. The summed E-state index contributed by atoms with van der Waals surface area (Å²) < 4.78 is 1.85. The van der Waals surface area contributed by atoms with Gasteiger partial charge in [-0.25, -0.2) is 0 Å². The molecule has 1 unspecified atom stereocenters. The van der Waals surface area contributed by atoms with Gasteiger partial charge in [0.2, 0.25) is 5.91 Å². The van der Waals surface area contributed by atoms with Gasteiger partial charge >= 0.3 is 0 Å². The molecular weight excluding hydrogens is 407 g/mol. The number of aromatic nitrogens is 2. The van der Waals surface area contributed by atoms with E-state index in [1.165, 1.54) is 12.5 Å². The number of likely N-dealkylation sites (tertiary alicyclic amines) is 1. The molecule has 8 heteroatoms. The Hall–Kier alpha value is -1.32. The fourth-order valence-electron chi connectivity index (χ4n) is 2.70. The number of nitrogens with one attached hydrogen (secondary N) is 2. The van der Waals surface area contributed by atoms with E-state index in [4.69, 9.17) is 0 Å². The van der Waals surface area contributed by atoms with Crippen LogP contribution >= 0.6 is 24.0 Å². The maximum atomic E-state index is 10.9. The molecule has 23 heavy (non-hydrogen) atoms. The van der Waals surface area contributed by atoms with Gasteiger partial charge in [-0.2, -0.15) is 5.10 Å². The van der Waals surface area contributed by atoms with Gasteiger partial charge in [0.15, 0.2) is 5.96 Å². The van der Waals surface area contributed by atoms with Gasteiger partial charge in [-0.15, -0.1) is 24.0 Å². The normalized spacial score (nSPS) is 17.8. The Balaban J connectivity index is 0.00000264. The average molecular weight is 434 g/mol. The lowest BCUT2D eigenvalue weighted by molar-refractivity contribution is -0.118. The number of hydrogen-bond acceptors (Lipinski definition) is 3. The van der Waals surface area contributed by atoms with Gasteiger partial charge in [-0.1, -0.05) is 0 Å². The van der Waals surface area contributed by atoms with Crippen molar-refractivity contribution in [2.75, 3.05) is 32.7 Å². The molecule has 0 spiro atoms. The van der Waals surface area contributed by atoms with E-state index in [2.05, 4.69) is 38.7 Å². The first kappa shape index (κ1) is 19.7. The molecule has 1 aromatic rings. The molecule has 2 heterocycles. The minimum Gasteiger partial charge on any atom is -0.357 e. The highest BCUT2D eigenvalue weighted by molar-refractivity contribution is 14.0. The minimum atomic E-state index is -0.0157. The van der Waals surface area contributed by atoms with E-state index in [1.807, 2.05) is 17.9 Å². The van der Waals surface area contributed by atoms with Crippen molar-refractivity contribution in [3.63, 3.8) is 0 Å². The van der Waals surface area contributed by atoms with Crippen molar-refractivity contribution in [3.8, 4) is 0 Å². The van der Waals surface area contributed by atoms with Crippen molar-refractivity contribution in [2.24, 2.45) is 12.0 Å². The molecule has 0 saturated carbocycles. The van der Waals surface area contributed by atoms with Gasteiger partial charge in [0.1, 0.15) is 0 Å². The van der Waals surface area contributed by atoms with Gasteiger partial charge < -0.3 is 15.5 Å². The minimum absolute atomic E-state index is 0. The summed E-state index contributed by atoms with van der Waals surface area (Å²) in [5.41, 5.74) is 1.29. The predicted octanol–water partition coefficient (Wildman–Crippen LogP) is 0.929. The fourth-order valence-corrected chi connectivity index (χ4v) is 2.70. The summed E-state index contributed by atoms with van der Waals surface area (Å²) in [5, 5.41) is 10.4. The zero-order chi connectivity index (χ0) is 15.9. The Morgan fingerprint density at radius 1 is 1.48 bits per heavy atom. The quantitative estimate of drug-likeness (QED) is 0.313. The van der Waals surface area contributed by atoms with Crippen LogP contribution in [0.5, 0.6) is 0 Å². The van der Waals surface area contributed by atoms with Crippen LogP contribution in [-0.4, -0.2) is 59.3 Å². The smallest absolute Gasteiger partial charge is 0.216 e. The lowest BCUT2D eigenvalue weighted by Crippen LogP contribution is -2.40. The summed E-state index contributed by atoms with van der Waals surface area (Å²) in [4.78, 5) is 17.8. The molecule has 1 saturated heterocycles. The highest BCUT2D eigenvalue weighted by atomic mass is 127. The molecular formula is C15H27IN6O. The summed E-state index contributed by atoms with van der Waals surface area (Å²) in [7, 11) is 1.95. The van der Waals surface area contributed by atoms with Crippen LogP contribution in [0.1, 0.15) is 31.7 Å². The monoisotopic (exact) mass is 434 g/mol. The first-order valence-corrected chi connectivity index (χ1v) is 7.86. The topological polar surface area (TPSA) is 74.6 Å². The molecule has 2 N–H and O–H groups in total. The number of guanidine groups is 1. The molecule has 1 fully saturated rings. The molecule has 1 atom stereocenters. The summed E-state index contributed by atoms with van der Waals surface area (Å²) in [6.45, 7) is 7.54. The van der Waals surface area contributed by atoms with Gasteiger partial charge in [-0.3, -0.25) is 14.5 Å². The van der Waals surface area contributed by atoms with Gasteiger partial charge in [-0.05, 0) is 18.9 Å². The maximum Gasteiger partial charge on any atom is 0.216 e. The third kappa shape index (κ3) is 6.00. The van der Waals surface area contributed by atoms with Crippen molar-refractivity contribution < 1.29 is 4.79 Å². The second-order valence-electron chi connectivity index (χ2n) is 5.60. The number of halogens is 1. The Labute approximate surface area is 154 Å². The largest absolute Gasteiger partial charge is 0.357 e. The Kier molecular flexibility index (Phi) is 8.35. The standard InChI is InChI=1S/C15H26N6O.HI/c1-4-16-15(18-7-6-17-12(2)22)21-8-5-13(11-21)14-9-19-20(3)10-14;/h9-10,13H,4-8,11H2,1-3H3,(H,16,18)(H,17,22);1H. The number of carbonyl (C=O) groups excluding carboxylic acids is 1. The molecule has 2 rings (SSSR count). The molecule has 0 aromatic carbocycles. The van der Waals surface area contributed by atoms with Crippen molar-refractivity contribution in [2.45, 2.75) is 26.2 Å². The highest BCUT2D eigenvalue weighted by Crippen LogP contribution is 2.26. The maximum absolute atomic E-state index is 10.9. The molecule has 7 nitrogen and oxygen atoms in total. The van der Waals surface area contributed by atoms with Crippen LogP contribution < -0.4 is 10.6 Å². The Morgan fingerprint density at radius 3 is 2.87 bits per heavy atom. The van der Waals surface area contributed by atoms with Crippen LogP contribution in [0.25, 0.3) is 0 Å². The number of nitrogens with zero attached hydrogens (tertiary/aromatic N) is 4. The van der Waals surface area contributed by atoms with E-state index >= 15 is 0 Å². The van der Waals surface area contributed by atoms with Crippen LogP contribution in [-0.2, 0) is 11.8 Å². The number of rotatable bonds is 5. The molecule has 1 aliphatic heterocycles. The number of hydrogen-bond donors (Lipinski definition) is 2. The van der Waals surface area contributed by atoms with Crippen LogP contribution in [0, 0.1) is 0 Å². The van der Waals surface area contributed by atoms with Crippen LogP contribution in [0.3, 0.4) is 0 Å². The Morgan fingerprint density at radius 2 is 2.26 bits per heavy atom. The van der Waals surface area contributed by atoms with E-state index in [9.17, 15) is 4.79 Å². The summed E-state index contributed by atoms with van der Waals surface area (Å²) in [6, 6.07) is 0. The van der Waals surface area contributed by atoms with E-state index in [0.717, 1.165) is 32.0 Å². The van der Waals surface area contributed by atoms with E-state index in [0.29, 0.717) is 19.0 Å². The number of amides is 1. The number of aliphatic imine (C=N–C) groups is 1. The highest BCUT2D eigenvalue weighted by Gasteiger charge is 2.26. The molecule has 1 aliphatic rings. The predicted molar refractivity (Wildman–Crippen MR) is 102 cm³/mol. The van der Waals surface area contributed by atoms with Crippen molar-refractivity contribution in [1.82, 2.24) is 25.3 Å². The number of aryl methyl sites for hydroxylation is 1. The lowest BCUT2D eigenvalue weighted by atomic mass is 10.0. The van der Waals surface area contributed by atoms with Crippen molar-refractivity contribution in [1.29, 1.82) is 0 Å². The first-order chi connectivity index (χ1) is 10.6. The fraction of sp³-hybridized carbons (Fsp3) is 0.667. The number of carbonyl (C=O) groups is 1. The van der Waals surface area contributed by atoms with Gasteiger partial charge in [0.05, 0.1) is 12.7 Å². The summed E-state index contributed by atoms with van der Waals surface area (Å²) >= 11 is 0. The average Bonchev–Trinajstić information content (AvgIpc) is 3.10. The molecule has 1 aromatic heterocycles. The van der Waals surface area contributed by atoms with Gasteiger partial charge in [0, 0.05) is 52.3 Å². The third-order valence-electron chi connectivity index (χ3n) is 3.77. The van der Waals surface area contributed by atoms with E-state index in [-0.39, 0.29) is 29.9 Å².